The second kappa shape index (κ2) is 6.01. The highest BCUT2D eigenvalue weighted by Gasteiger charge is 2.28. The summed E-state index contributed by atoms with van der Waals surface area (Å²) in [5.41, 5.74) is 1.53. The molecule has 2 aromatic heterocycles. The van der Waals surface area contributed by atoms with E-state index in [4.69, 9.17) is 10.1 Å². The Bertz CT molecular complexity index is 787. The van der Waals surface area contributed by atoms with Gasteiger partial charge in [0.25, 0.3) is 5.91 Å². The van der Waals surface area contributed by atoms with Gasteiger partial charge in [0.05, 0.1) is 17.2 Å². The van der Waals surface area contributed by atoms with Crippen LogP contribution in [0.4, 0.5) is 0 Å². The van der Waals surface area contributed by atoms with Crippen molar-refractivity contribution in [3.8, 4) is 0 Å². The average Bonchev–Trinajstić information content (AvgIpc) is 3.18. The molecule has 0 aromatic carbocycles. The van der Waals surface area contributed by atoms with Crippen LogP contribution in [-0.2, 0) is 25.8 Å². The number of carboxylic acid groups (broad SMARTS) is 1. The van der Waals surface area contributed by atoms with E-state index in [0.717, 1.165) is 24.3 Å². The lowest BCUT2D eigenvalue weighted by Crippen LogP contribution is -2.41. The van der Waals surface area contributed by atoms with Crippen molar-refractivity contribution in [1.82, 2.24) is 19.7 Å². The van der Waals surface area contributed by atoms with Crippen LogP contribution in [0.25, 0.3) is 0 Å². The summed E-state index contributed by atoms with van der Waals surface area (Å²) >= 11 is 1.77. The molecule has 0 saturated carbocycles. The summed E-state index contributed by atoms with van der Waals surface area (Å²) < 4.78 is 1.49. The lowest BCUT2D eigenvalue weighted by molar-refractivity contribution is 0.0678. The van der Waals surface area contributed by atoms with Gasteiger partial charge in [-0.05, 0) is 25.7 Å². The van der Waals surface area contributed by atoms with E-state index in [0.29, 0.717) is 25.3 Å². The summed E-state index contributed by atoms with van der Waals surface area (Å²) in [5.74, 6) is -1.26. The Labute approximate surface area is 142 Å². The van der Waals surface area contributed by atoms with Crippen molar-refractivity contribution >= 4 is 23.2 Å². The van der Waals surface area contributed by atoms with E-state index in [1.54, 1.807) is 16.2 Å². The quantitative estimate of drug-likeness (QED) is 0.909. The van der Waals surface area contributed by atoms with Crippen molar-refractivity contribution in [3.63, 3.8) is 0 Å². The van der Waals surface area contributed by atoms with Crippen molar-refractivity contribution in [2.24, 2.45) is 0 Å². The molecule has 0 unspecified atom stereocenters. The van der Waals surface area contributed by atoms with Crippen molar-refractivity contribution in [2.75, 3.05) is 13.1 Å². The summed E-state index contributed by atoms with van der Waals surface area (Å²) in [6.07, 6.45) is 5.42. The number of aromatic carboxylic acids is 1. The first-order chi connectivity index (χ1) is 11.6. The van der Waals surface area contributed by atoms with Gasteiger partial charge < -0.3 is 10.0 Å². The summed E-state index contributed by atoms with van der Waals surface area (Å²) in [4.78, 5) is 31.4. The Morgan fingerprint density at radius 2 is 2.12 bits per heavy atom. The van der Waals surface area contributed by atoms with Crippen LogP contribution in [0.5, 0.6) is 0 Å². The van der Waals surface area contributed by atoms with Gasteiger partial charge in [-0.2, -0.15) is 5.10 Å². The molecule has 0 bridgehead atoms. The summed E-state index contributed by atoms with van der Waals surface area (Å²) in [6, 6.07) is 1.36. The molecule has 2 aromatic rings. The molecule has 0 radical (unpaired) electrons. The smallest absolute Gasteiger partial charge is 0.356 e. The van der Waals surface area contributed by atoms with E-state index >= 15 is 0 Å². The number of fused-ring (bicyclic) bond motifs is 2. The molecule has 8 heteroatoms. The van der Waals surface area contributed by atoms with Crippen LogP contribution < -0.4 is 0 Å². The molecular formula is C16H18N4O3S. The fourth-order valence-corrected chi connectivity index (χ4v) is 4.44. The van der Waals surface area contributed by atoms with Crippen LogP contribution in [0, 0.1) is 0 Å². The van der Waals surface area contributed by atoms with Gasteiger partial charge in [0.15, 0.2) is 5.69 Å². The van der Waals surface area contributed by atoms with Crippen molar-refractivity contribution in [1.29, 1.82) is 0 Å². The van der Waals surface area contributed by atoms with E-state index in [2.05, 4.69) is 5.10 Å². The number of amides is 1. The standard InChI is InChI=1S/C16H18N4O3S/c21-15-12-9-11(16(22)23)18-20(12)8-7-19(15)6-5-14-17-10-3-1-2-4-13(10)24-14/h9H,1-8H2,(H,22,23). The number of nitrogens with zero attached hydrogens (tertiary/aromatic N) is 4. The zero-order valence-corrected chi connectivity index (χ0v) is 14.0. The first kappa shape index (κ1) is 15.3. The van der Waals surface area contributed by atoms with Crippen LogP contribution in [0.15, 0.2) is 6.07 Å². The van der Waals surface area contributed by atoms with Gasteiger partial charge >= 0.3 is 5.97 Å². The Morgan fingerprint density at radius 3 is 2.92 bits per heavy atom. The topological polar surface area (TPSA) is 88.3 Å². The molecule has 24 heavy (non-hydrogen) atoms. The van der Waals surface area contributed by atoms with E-state index in [9.17, 15) is 9.59 Å². The highest BCUT2D eigenvalue weighted by atomic mass is 32.1. The minimum absolute atomic E-state index is 0.0761. The summed E-state index contributed by atoms with van der Waals surface area (Å²) in [7, 11) is 0. The lowest BCUT2D eigenvalue weighted by Gasteiger charge is -2.27. The predicted molar refractivity (Wildman–Crippen MR) is 87.5 cm³/mol. The van der Waals surface area contributed by atoms with Crippen LogP contribution in [0.1, 0.15) is 49.4 Å². The maximum atomic E-state index is 12.5. The Kier molecular flexibility index (Phi) is 3.84. The molecule has 1 amide bonds. The number of hydrogen-bond donors (Lipinski definition) is 1. The van der Waals surface area contributed by atoms with Crippen molar-refractivity contribution in [2.45, 2.75) is 38.6 Å². The third-order valence-corrected chi connectivity index (χ3v) is 5.79. The number of carbonyl (C=O) groups excluding carboxylic acids is 1. The minimum atomic E-state index is -1.11. The van der Waals surface area contributed by atoms with Gasteiger partial charge in [0.1, 0.15) is 5.69 Å². The van der Waals surface area contributed by atoms with Gasteiger partial charge in [0, 0.05) is 30.5 Å². The third kappa shape index (κ3) is 2.71. The van der Waals surface area contributed by atoms with Crippen LogP contribution in [-0.4, -0.2) is 49.7 Å². The van der Waals surface area contributed by atoms with Crippen LogP contribution in [0.2, 0.25) is 0 Å². The minimum Gasteiger partial charge on any atom is -0.476 e. The monoisotopic (exact) mass is 346 g/mol. The maximum Gasteiger partial charge on any atom is 0.356 e. The molecule has 0 atom stereocenters. The highest BCUT2D eigenvalue weighted by molar-refractivity contribution is 7.11. The second-order valence-electron chi connectivity index (χ2n) is 6.17. The maximum absolute atomic E-state index is 12.5. The predicted octanol–water partition coefficient (Wildman–Crippen LogP) is 1.62. The molecule has 126 valence electrons. The number of carboxylic acids is 1. The van der Waals surface area contributed by atoms with Crippen LogP contribution in [0.3, 0.4) is 0 Å². The van der Waals surface area contributed by atoms with Crippen LogP contribution >= 0.6 is 11.3 Å². The van der Waals surface area contributed by atoms with Gasteiger partial charge in [-0.25, -0.2) is 9.78 Å². The molecule has 4 rings (SSSR count). The number of aromatic nitrogens is 3. The van der Waals surface area contributed by atoms with Gasteiger partial charge in [0.2, 0.25) is 0 Å². The lowest BCUT2D eigenvalue weighted by atomic mass is 10.0. The normalized spacial score (nSPS) is 16.8. The Hall–Kier alpha value is -2.22. The summed E-state index contributed by atoms with van der Waals surface area (Å²) in [5, 5.41) is 14.1. The van der Waals surface area contributed by atoms with Gasteiger partial charge in [-0.15, -0.1) is 11.3 Å². The third-order valence-electron chi connectivity index (χ3n) is 4.57. The SMILES string of the molecule is O=C(O)c1cc2n(n1)CCN(CCc1nc3c(s1)CCCC3)C2=O. The van der Waals surface area contributed by atoms with Crippen molar-refractivity contribution in [3.05, 3.63) is 33.0 Å². The number of rotatable bonds is 4. The zero-order valence-electron chi connectivity index (χ0n) is 13.2. The molecule has 3 heterocycles. The molecule has 1 aliphatic heterocycles. The largest absolute Gasteiger partial charge is 0.476 e. The molecule has 0 spiro atoms. The first-order valence-electron chi connectivity index (χ1n) is 8.19. The molecular weight excluding hydrogens is 328 g/mol. The fraction of sp³-hybridized carbons (Fsp3) is 0.500. The molecule has 7 nitrogen and oxygen atoms in total. The fourth-order valence-electron chi connectivity index (χ4n) is 3.30. The Morgan fingerprint density at radius 1 is 1.29 bits per heavy atom. The van der Waals surface area contributed by atoms with E-state index in [-0.39, 0.29) is 11.6 Å². The number of thiazole rings is 1. The van der Waals surface area contributed by atoms with Gasteiger partial charge in [-0.3, -0.25) is 9.48 Å². The molecule has 1 N–H and O–H groups in total. The first-order valence-corrected chi connectivity index (χ1v) is 9.01. The van der Waals surface area contributed by atoms with E-state index in [1.165, 1.54) is 34.2 Å². The number of hydrogen-bond acceptors (Lipinski definition) is 5. The van der Waals surface area contributed by atoms with Gasteiger partial charge in [-0.1, -0.05) is 0 Å². The highest BCUT2D eigenvalue weighted by Crippen LogP contribution is 2.27. The molecule has 1 aliphatic carbocycles. The molecule has 0 saturated heterocycles. The number of aryl methyl sites for hydroxylation is 2. The Balaban J connectivity index is 1.44. The molecule has 2 aliphatic rings. The van der Waals surface area contributed by atoms with E-state index in [1.807, 2.05) is 0 Å². The molecule has 0 fully saturated rings. The average molecular weight is 346 g/mol. The summed E-state index contributed by atoms with van der Waals surface area (Å²) in [6.45, 7) is 1.69. The second-order valence-corrected chi connectivity index (χ2v) is 7.34. The van der Waals surface area contributed by atoms with Crippen molar-refractivity contribution < 1.29 is 14.7 Å². The van der Waals surface area contributed by atoms with E-state index < -0.39 is 5.97 Å². The zero-order chi connectivity index (χ0) is 16.7. The number of carbonyl (C=O) groups is 2.